The van der Waals surface area contributed by atoms with E-state index in [1.807, 2.05) is 24.3 Å². The second kappa shape index (κ2) is 10.8. The molecule has 1 unspecified atom stereocenters. The van der Waals surface area contributed by atoms with Crippen molar-refractivity contribution in [2.45, 2.75) is 44.8 Å². The highest BCUT2D eigenvalue weighted by molar-refractivity contribution is 6.06. The largest absolute Gasteiger partial charge is 0.496 e. The summed E-state index contributed by atoms with van der Waals surface area (Å²) in [5.41, 5.74) is 2.49. The first-order chi connectivity index (χ1) is 15.7. The van der Waals surface area contributed by atoms with Gasteiger partial charge in [0, 0.05) is 43.7 Å². The number of hydrogen-bond donors (Lipinski definition) is 1. The quantitative estimate of drug-likeness (QED) is 0.663. The number of para-hydroxylation sites is 1. The summed E-state index contributed by atoms with van der Waals surface area (Å²) >= 11 is 0. The number of methoxy groups -OCH3 is 1. The molecular weight excluding hydrogens is 402 g/mol. The van der Waals surface area contributed by atoms with Crippen LogP contribution in [0.1, 0.15) is 43.0 Å². The first-order valence-corrected chi connectivity index (χ1v) is 11.8. The standard InChI is InChI=1S/C26H35N3O3/c1-3-28(19-23-10-7-17-32-23)21-13-15-29(16-14-21)22-9-6-8-20(18-22)27-26(30)24-11-4-5-12-25(24)31-2/h4-6,8-9,11-12,18,21,23H,3,7,10,13-17,19H2,1-2H3,(H,27,30). The van der Waals surface area contributed by atoms with Crippen molar-refractivity contribution >= 4 is 17.3 Å². The molecule has 2 aromatic carbocycles. The van der Waals surface area contributed by atoms with Crippen LogP contribution in [0, 0.1) is 0 Å². The highest BCUT2D eigenvalue weighted by atomic mass is 16.5. The fourth-order valence-corrected chi connectivity index (χ4v) is 4.89. The number of nitrogens with zero attached hydrogens (tertiary/aromatic N) is 2. The SMILES string of the molecule is CCN(CC1CCCO1)C1CCN(c2cccc(NC(=O)c3ccccc3OC)c2)CC1. The van der Waals surface area contributed by atoms with Gasteiger partial charge in [-0.2, -0.15) is 0 Å². The Balaban J connectivity index is 1.35. The van der Waals surface area contributed by atoms with Crippen LogP contribution >= 0.6 is 0 Å². The number of carbonyl (C=O) groups is 1. The van der Waals surface area contributed by atoms with Gasteiger partial charge in [0.1, 0.15) is 5.75 Å². The molecule has 2 saturated heterocycles. The molecule has 0 aliphatic carbocycles. The van der Waals surface area contributed by atoms with Crippen LogP contribution in [0.15, 0.2) is 48.5 Å². The van der Waals surface area contributed by atoms with Crippen LogP contribution in [0.2, 0.25) is 0 Å². The van der Waals surface area contributed by atoms with Crippen LogP contribution in [-0.4, -0.2) is 62.8 Å². The van der Waals surface area contributed by atoms with Gasteiger partial charge in [-0.15, -0.1) is 0 Å². The van der Waals surface area contributed by atoms with Gasteiger partial charge in [-0.25, -0.2) is 0 Å². The molecule has 2 aliphatic rings. The fourth-order valence-electron chi connectivity index (χ4n) is 4.89. The number of amides is 1. The highest BCUT2D eigenvalue weighted by Gasteiger charge is 2.27. The molecule has 0 spiro atoms. The molecule has 32 heavy (non-hydrogen) atoms. The maximum atomic E-state index is 12.8. The average Bonchev–Trinajstić information content (AvgIpc) is 3.36. The van der Waals surface area contributed by atoms with E-state index in [4.69, 9.17) is 9.47 Å². The van der Waals surface area contributed by atoms with Crippen molar-refractivity contribution in [3.8, 4) is 5.75 Å². The van der Waals surface area contributed by atoms with Gasteiger partial charge in [-0.1, -0.05) is 25.1 Å². The smallest absolute Gasteiger partial charge is 0.259 e. The minimum absolute atomic E-state index is 0.161. The lowest BCUT2D eigenvalue weighted by atomic mass is 10.0. The molecule has 1 atom stereocenters. The van der Waals surface area contributed by atoms with Crippen molar-refractivity contribution in [3.05, 3.63) is 54.1 Å². The number of rotatable bonds is 8. The Bertz CT molecular complexity index is 889. The van der Waals surface area contributed by atoms with Crippen LogP contribution in [0.25, 0.3) is 0 Å². The van der Waals surface area contributed by atoms with E-state index >= 15 is 0 Å². The van der Waals surface area contributed by atoms with Crippen LogP contribution < -0.4 is 15.0 Å². The Hall–Kier alpha value is -2.57. The molecule has 4 rings (SSSR count). The molecule has 1 N–H and O–H groups in total. The topological polar surface area (TPSA) is 54.0 Å². The maximum Gasteiger partial charge on any atom is 0.259 e. The zero-order valence-electron chi connectivity index (χ0n) is 19.3. The van der Waals surface area contributed by atoms with E-state index in [2.05, 4.69) is 34.2 Å². The van der Waals surface area contributed by atoms with Crippen molar-refractivity contribution in [3.63, 3.8) is 0 Å². The van der Waals surface area contributed by atoms with Gasteiger partial charge >= 0.3 is 0 Å². The molecular formula is C26H35N3O3. The van der Waals surface area contributed by atoms with Crippen molar-refractivity contribution in [2.75, 3.05) is 50.1 Å². The Labute approximate surface area is 191 Å². The lowest BCUT2D eigenvalue weighted by molar-refractivity contribution is 0.0540. The van der Waals surface area contributed by atoms with Gasteiger partial charge in [0.15, 0.2) is 0 Å². The van der Waals surface area contributed by atoms with Gasteiger partial charge < -0.3 is 19.7 Å². The third-order valence-electron chi connectivity index (χ3n) is 6.67. The van der Waals surface area contributed by atoms with E-state index in [1.165, 1.54) is 12.8 Å². The zero-order chi connectivity index (χ0) is 22.3. The molecule has 1 amide bonds. The van der Waals surface area contributed by atoms with E-state index in [-0.39, 0.29) is 5.91 Å². The number of carbonyl (C=O) groups excluding carboxylic acids is 1. The van der Waals surface area contributed by atoms with E-state index in [0.717, 1.165) is 57.0 Å². The second-order valence-electron chi connectivity index (χ2n) is 8.65. The Morgan fingerprint density at radius 2 is 1.97 bits per heavy atom. The fraction of sp³-hybridized carbons (Fsp3) is 0.500. The molecule has 172 valence electrons. The molecule has 6 nitrogen and oxygen atoms in total. The number of benzene rings is 2. The van der Waals surface area contributed by atoms with Gasteiger partial charge in [-0.05, 0) is 62.6 Å². The number of nitrogens with one attached hydrogen (secondary N) is 1. The highest BCUT2D eigenvalue weighted by Crippen LogP contribution is 2.27. The summed E-state index contributed by atoms with van der Waals surface area (Å²) in [6.07, 6.45) is 5.11. The van der Waals surface area contributed by atoms with Crippen molar-refractivity contribution < 1.29 is 14.3 Å². The third kappa shape index (κ3) is 5.43. The monoisotopic (exact) mass is 437 g/mol. The van der Waals surface area contributed by atoms with E-state index in [1.54, 1.807) is 19.2 Å². The number of piperidine rings is 1. The van der Waals surface area contributed by atoms with E-state index in [9.17, 15) is 4.79 Å². The van der Waals surface area contributed by atoms with Gasteiger partial charge in [-0.3, -0.25) is 9.69 Å². The van der Waals surface area contributed by atoms with Gasteiger partial charge in [0.25, 0.3) is 5.91 Å². The summed E-state index contributed by atoms with van der Waals surface area (Å²) in [6.45, 7) is 7.37. The summed E-state index contributed by atoms with van der Waals surface area (Å²) in [5, 5.41) is 3.02. The Morgan fingerprint density at radius 3 is 2.69 bits per heavy atom. The minimum atomic E-state index is -0.161. The molecule has 0 aromatic heterocycles. The van der Waals surface area contributed by atoms with Crippen LogP contribution in [0.4, 0.5) is 11.4 Å². The second-order valence-corrected chi connectivity index (χ2v) is 8.65. The predicted molar refractivity (Wildman–Crippen MR) is 129 cm³/mol. The minimum Gasteiger partial charge on any atom is -0.496 e. The molecule has 2 heterocycles. The number of likely N-dealkylation sites (N-methyl/N-ethyl adjacent to an activating group) is 1. The van der Waals surface area contributed by atoms with Crippen molar-refractivity contribution in [2.24, 2.45) is 0 Å². The number of ether oxygens (including phenoxy) is 2. The molecule has 6 heteroatoms. The third-order valence-corrected chi connectivity index (χ3v) is 6.67. The lowest BCUT2D eigenvalue weighted by Crippen LogP contribution is -2.47. The molecule has 0 bridgehead atoms. The van der Waals surface area contributed by atoms with Crippen molar-refractivity contribution in [1.29, 1.82) is 0 Å². The first kappa shape index (κ1) is 22.6. The van der Waals surface area contributed by atoms with E-state index < -0.39 is 0 Å². The molecule has 2 aliphatic heterocycles. The molecule has 0 saturated carbocycles. The number of hydrogen-bond acceptors (Lipinski definition) is 5. The molecule has 2 aromatic rings. The summed E-state index contributed by atoms with van der Waals surface area (Å²) in [5.74, 6) is 0.415. The predicted octanol–water partition coefficient (Wildman–Crippen LogP) is 4.42. The van der Waals surface area contributed by atoms with Crippen LogP contribution in [0.5, 0.6) is 5.75 Å². The van der Waals surface area contributed by atoms with Crippen molar-refractivity contribution in [1.82, 2.24) is 4.90 Å². The maximum absolute atomic E-state index is 12.8. The Morgan fingerprint density at radius 1 is 1.16 bits per heavy atom. The molecule has 0 radical (unpaired) electrons. The zero-order valence-corrected chi connectivity index (χ0v) is 19.3. The lowest BCUT2D eigenvalue weighted by Gasteiger charge is -2.40. The summed E-state index contributed by atoms with van der Waals surface area (Å²) < 4.78 is 11.2. The van der Waals surface area contributed by atoms with Gasteiger partial charge in [0.2, 0.25) is 0 Å². The summed E-state index contributed by atoms with van der Waals surface area (Å²) in [4.78, 5) is 17.8. The summed E-state index contributed by atoms with van der Waals surface area (Å²) in [7, 11) is 1.58. The van der Waals surface area contributed by atoms with Crippen LogP contribution in [-0.2, 0) is 4.74 Å². The number of anilines is 2. The first-order valence-electron chi connectivity index (χ1n) is 11.8. The average molecular weight is 438 g/mol. The Kier molecular flexibility index (Phi) is 7.66. The van der Waals surface area contributed by atoms with Gasteiger partial charge in [0.05, 0.1) is 18.8 Å². The normalized spacial score (nSPS) is 19.3. The summed E-state index contributed by atoms with van der Waals surface area (Å²) in [6, 6.07) is 16.0. The molecule has 2 fully saturated rings. The van der Waals surface area contributed by atoms with Crippen LogP contribution in [0.3, 0.4) is 0 Å². The van der Waals surface area contributed by atoms with E-state index in [0.29, 0.717) is 23.5 Å².